The Kier molecular flexibility index (Phi) is 4.07. The molecule has 21 heavy (non-hydrogen) atoms. The number of aromatic nitrogens is 2. The summed E-state index contributed by atoms with van der Waals surface area (Å²) in [5.74, 6) is 0.273. The van der Waals surface area contributed by atoms with Crippen molar-refractivity contribution >= 4 is 11.6 Å². The summed E-state index contributed by atoms with van der Waals surface area (Å²) in [6.45, 7) is 1.31. The van der Waals surface area contributed by atoms with Gasteiger partial charge in [-0.1, -0.05) is 0 Å². The maximum Gasteiger partial charge on any atom is 0.257 e. The second-order valence-corrected chi connectivity index (χ2v) is 4.68. The molecule has 0 unspecified atom stereocenters. The zero-order chi connectivity index (χ0) is 14.5. The third-order valence-corrected chi connectivity index (χ3v) is 3.09. The van der Waals surface area contributed by atoms with Crippen molar-refractivity contribution in [2.45, 2.75) is 12.5 Å². The van der Waals surface area contributed by atoms with Crippen LogP contribution < -0.4 is 10.1 Å². The molecule has 0 bridgehead atoms. The molecule has 0 radical (unpaired) electrons. The van der Waals surface area contributed by atoms with Crippen LogP contribution in [-0.2, 0) is 4.74 Å². The molecule has 1 fully saturated rings. The van der Waals surface area contributed by atoms with Crippen LogP contribution in [0.25, 0.3) is 0 Å². The van der Waals surface area contributed by atoms with E-state index in [9.17, 15) is 4.79 Å². The first kappa shape index (κ1) is 13.5. The zero-order valence-corrected chi connectivity index (χ0v) is 11.4. The lowest BCUT2D eigenvalue weighted by Gasteiger charge is -2.11. The third-order valence-electron chi connectivity index (χ3n) is 3.09. The lowest BCUT2D eigenvalue weighted by atomic mass is 10.2. The van der Waals surface area contributed by atoms with Crippen LogP contribution in [-0.4, -0.2) is 35.2 Å². The number of carbonyl (C=O) groups excluding carboxylic acids is 1. The Hall–Kier alpha value is -2.47. The molecule has 1 N–H and O–H groups in total. The first-order valence-electron chi connectivity index (χ1n) is 6.73. The van der Waals surface area contributed by atoms with Crippen molar-refractivity contribution in [3.8, 4) is 5.88 Å². The molecule has 108 valence electrons. The molecule has 0 spiro atoms. The third kappa shape index (κ3) is 3.55. The molecule has 0 aromatic carbocycles. The average molecular weight is 285 g/mol. The van der Waals surface area contributed by atoms with Crippen molar-refractivity contribution in [1.29, 1.82) is 0 Å². The zero-order valence-electron chi connectivity index (χ0n) is 11.4. The van der Waals surface area contributed by atoms with Crippen molar-refractivity contribution in [2.24, 2.45) is 0 Å². The maximum absolute atomic E-state index is 12.0. The van der Waals surface area contributed by atoms with E-state index >= 15 is 0 Å². The summed E-state index contributed by atoms with van der Waals surface area (Å²) in [4.78, 5) is 20.1. The minimum atomic E-state index is -0.230. The van der Waals surface area contributed by atoms with Gasteiger partial charge in [0.25, 0.3) is 5.91 Å². The lowest BCUT2D eigenvalue weighted by Crippen LogP contribution is -2.17. The molecule has 3 heterocycles. The highest BCUT2D eigenvalue weighted by Crippen LogP contribution is 2.15. The van der Waals surface area contributed by atoms with Gasteiger partial charge >= 0.3 is 0 Å². The van der Waals surface area contributed by atoms with E-state index in [4.69, 9.17) is 9.47 Å². The van der Waals surface area contributed by atoms with Crippen LogP contribution in [0.2, 0.25) is 0 Å². The van der Waals surface area contributed by atoms with Crippen LogP contribution in [0.5, 0.6) is 5.88 Å². The van der Waals surface area contributed by atoms with Crippen molar-refractivity contribution < 1.29 is 14.3 Å². The van der Waals surface area contributed by atoms with Gasteiger partial charge in [0.05, 0.1) is 30.7 Å². The minimum Gasteiger partial charge on any atom is -0.472 e. The second kappa shape index (κ2) is 6.32. The monoisotopic (exact) mass is 285 g/mol. The number of nitrogens with one attached hydrogen (secondary N) is 1. The summed E-state index contributed by atoms with van der Waals surface area (Å²) in [6.07, 6.45) is 5.65. The molecular weight excluding hydrogens is 270 g/mol. The predicted octanol–water partition coefficient (Wildman–Crippen LogP) is 1.90. The molecule has 0 saturated carbocycles. The normalized spacial score (nSPS) is 17.4. The van der Waals surface area contributed by atoms with Crippen LogP contribution in [0.15, 0.2) is 42.9 Å². The van der Waals surface area contributed by atoms with Gasteiger partial charge in [-0.05, 0) is 18.2 Å². The van der Waals surface area contributed by atoms with Gasteiger partial charge in [-0.3, -0.25) is 9.78 Å². The first-order valence-corrected chi connectivity index (χ1v) is 6.73. The number of amides is 1. The molecular formula is C15H15N3O3. The topological polar surface area (TPSA) is 73.3 Å². The number of hydrogen-bond donors (Lipinski definition) is 1. The number of pyridine rings is 2. The molecule has 2 aromatic rings. The van der Waals surface area contributed by atoms with Crippen LogP contribution in [0.4, 0.5) is 5.69 Å². The van der Waals surface area contributed by atoms with E-state index in [2.05, 4.69) is 15.3 Å². The summed E-state index contributed by atoms with van der Waals surface area (Å²) in [5.41, 5.74) is 1.11. The Labute approximate surface area is 122 Å². The largest absolute Gasteiger partial charge is 0.472 e. The van der Waals surface area contributed by atoms with Crippen LogP contribution in [0, 0.1) is 0 Å². The highest BCUT2D eigenvalue weighted by atomic mass is 16.5. The van der Waals surface area contributed by atoms with Crippen LogP contribution in [0.1, 0.15) is 16.8 Å². The molecule has 1 aliphatic rings. The average Bonchev–Trinajstić information content (AvgIpc) is 3.02. The summed E-state index contributed by atoms with van der Waals surface area (Å²) in [6, 6.07) is 6.91. The second-order valence-electron chi connectivity index (χ2n) is 4.68. The van der Waals surface area contributed by atoms with Gasteiger partial charge in [0, 0.05) is 24.9 Å². The van der Waals surface area contributed by atoms with Gasteiger partial charge < -0.3 is 14.8 Å². The Morgan fingerprint density at radius 1 is 1.33 bits per heavy atom. The van der Waals surface area contributed by atoms with Gasteiger partial charge in [0.2, 0.25) is 5.88 Å². The van der Waals surface area contributed by atoms with Gasteiger partial charge in [-0.15, -0.1) is 0 Å². The van der Waals surface area contributed by atoms with Crippen LogP contribution in [0.3, 0.4) is 0 Å². The molecule has 6 nitrogen and oxygen atoms in total. The fourth-order valence-corrected chi connectivity index (χ4v) is 2.00. The van der Waals surface area contributed by atoms with E-state index in [1.54, 1.807) is 36.7 Å². The van der Waals surface area contributed by atoms with Crippen molar-refractivity contribution in [1.82, 2.24) is 9.97 Å². The van der Waals surface area contributed by atoms with Gasteiger partial charge in [-0.25, -0.2) is 4.98 Å². The van der Waals surface area contributed by atoms with Crippen molar-refractivity contribution in [3.63, 3.8) is 0 Å². The van der Waals surface area contributed by atoms with E-state index in [0.717, 1.165) is 13.0 Å². The number of anilines is 1. The van der Waals surface area contributed by atoms with E-state index < -0.39 is 0 Å². The number of hydrogen-bond acceptors (Lipinski definition) is 5. The SMILES string of the molecule is O=C(Nc1cccnc1)c1ccc(O[C@@H]2CCOC2)nc1. The lowest BCUT2D eigenvalue weighted by molar-refractivity contribution is 0.102. The summed E-state index contributed by atoms with van der Waals surface area (Å²) in [7, 11) is 0. The van der Waals surface area contributed by atoms with E-state index in [-0.39, 0.29) is 12.0 Å². The Morgan fingerprint density at radius 2 is 2.29 bits per heavy atom. The summed E-state index contributed by atoms with van der Waals surface area (Å²) in [5, 5.41) is 2.75. The van der Waals surface area contributed by atoms with E-state index in [0.29, 0.717) is 23.7 Å². The first-order chi connectivity index (χ1) is 10.3. The fraction of sp³-hybridized carbons (Fsp3) is 0.267. The fourth-order valence-electron chi connectivity index (χ4n) is 2.00. The predicted molar refractivity (Wildman–Crippen MR) is 76.3 cm³/mol. The van der Waals surface area contributed by atoms with Gasteiger partial charge in [0.1, 0.15) is 6.10 Å². The summed E-state index contributed by atoms with van der Waals surface area (Å²) < 4.78 is 10.9. The van der Waals surface area contributed by atoms with Crippen LogP contribution >= 0.6 is 0 Å². The van der Waals surface area contributed by atoms with Gasteiger partial charge in [0.15, 0.2) is 0 Å². The minimum absolute atomic E-state index is 0.0487. The standard InChI is InChI=1S/C15H15N3O3/c19-15(18-12-2-1-6-16-9-12)11-3-4-14(17-8-11)21-13-5-7-20-10-13/h1-4,6,8-9,13H,5,7,10H2,(H,18,19)/t13-/m1/s1. The molecule has 1 aliphatic heterocycles. The quantitative estimate of drug-likeness (QED) is 0.928. The molecule has 6 heteroatoms. The Morgan fingerprint density at radius 3 is 2.95 bits per heavy atom. The Balaban J connectivity index is 1.62. The number of rotatable bonds is 4. The molecule has 0 aliphatic carbocycles. The smallest absolute Gasteiger partial charge is 0.257 e. The number of carbonyl (C=O) groups is 1. The molecule has 1 amide bonds. The van der Waals surface area contributed by atoms with E-state index in [1.807, 2.05) is 0 Å². The molecule has 2 aromatic heterocycles. The highest BCUT2D eigenvalue weighted by molar-refractivity contribution is 6.03. The molecule has 3 rings (SSSR count). The number of nitrogens with zero attached hydrogens (tertiary/aromatic N) is 2. The molecule has 1 saturated heterocycles. The maximum atomic E-state index is 12.0. The van der Waals surface area contributed by atoms with E-state index in [1.165, 1.54) is 6.20 Å². The van der Waals surface area contributed by atoms with Gasteiger partial charge in [-0.2, -0.15) is 0 Å². The van der Waals surface area contributed by atoms with Crippen molar-refractivity contribution in [3.05, 3.63) is 48.4 Å². The van der Waals surface area contributed by atoms with Crippen molar-refractivity contribution in [2.75, 3.05) is 18.5 Å². The Bertz CT molecular complexity index is 595. The number of ether oxygens (including phenoxy) is 2. The summed E-state index contributed by atoms with van der Waals surface area (Å²) >= 11 is 0. The highest BCUT2D eigenvalue weighted by Gasteiger charge is 2.17. The molecule has 1 atom stereocenters.